The standard InChI is InChI=1S/C22H24F2N4O3/c1-14-19(26-31-25-14)13-27(2)21(30)16-12-22(16)7-9-28(10-8-22)20(29)6-4-15-3-5-17(23)18(24)11-15/h3-6,11,16H,7-10,12-13H2,1-2H3/b6-4+/t16-/m1/s1. The largest absolute Gasteiger partial charge is 0.339 e. The minimum atomic E-state index is -0.945. The molecule has 2 aliphatic rings. The van der Waals surface area contributed by atoms with E-state index in [1.165, 1.54) is 18.2 Å². The van der Waals surface area contributed by atoms with Gasteiger partial charge in [0.2, 0.25) is 11.8 Å². The van der Waals surface area contributed by atoms with Gasteiger partial charge in [-0.05, 0) is 55.4 Å². The molecule has 2 aromatic rings. The molecule has 2 heterocycles. The number of aromatic nitrogens is 2. The summed E-state index contributed by atoms with van der Waals surface area (Å²) >= 11 is 0. The molecule has 1 aliphatic carbocycles. The molecule has 1 saturated carbocycles. The van der Waals surface area contributed by atoms with Crippen LogP contribution in [0.4, 0.5) is 8.78 Å². The summed E-state index contributed by atoms with van der Waals surface area (Å²) in [7, 11) is 1.75. The van der Waals surface area contributed by atoms with Crippen LogP contribution in [0.2, 0.25) is 0 Å². The summed E-state index contributed by atoms with van der Waals surface area (Å²) in [5.41, 5.74) is 1.71. The van der Waals surface area contributed by atoms with E-state index in [1.807, 2.05) is 0 Å². The van der Waals surface area contributed by atoms with Gasteiger partial charge in [-0.15, -0.1) is 0 Å². The van der Waals surface area contributed by atoms with E-state index in [1.54, 1.807) is 23.8 Å². The van der Waals surface area contributed by atoms with Crippen molar-refractivity contribution in [3.05, 3.63) is 52.9 Å². The number of carbonyl (C=O) groups is 2. The third-order valence-electron chi connectivity index (χ3n) is 6.43. The smallest absolute Gasteiger partial charge is 0.246 e. The lowest BCUT2D eigenvalue weighted by atomic mass is 9.90. The Kier molecular flexibility index (Phi) is 5.60. The Labute approximate surface area is 178 Å². The fourth-order valence-electron chi connectivity index (χ4n) is 4.27. The highest BCUT2D eigenvalue weighted by Crippen LogP contribution is 2.60. The van der Waals surface area contributed by atoms with Gasteiger partial charge in [0.05, 0.1) is 6.54 Å². The Balaban J connectivity index is 1.29. The maximum Gasteiger partial charge on any atom is 0.246 e. The lowest BCUT2D eigenvalue weighted by Crippen LogP contribution is -2.40. The number of hydrogen-bond acceptors (Lipinski definition) is 5. The van der Waals surface area contributed by atoms with Crippen LogP contribution in [0.1, 0.15) is 36.2 Å². The van der Waals surface area contributed by atoms with Gasteiger partial charge in [-0.1, -0.05) is 16.4 Å². The Bertz CT molecular complexity index is 1030. The van der Waals surface area contributed by atoms with Crippen molar-refractivity contribution < 1.29 is 23.0 Å². The molecule has 1 atom stereocenters. The van der Waals surface area contributed by atoms with Gasteiger partial charge in [-0.25, -0.2) is 13.4 Å². The number of benzene rings is 1. The molecular formula is C22H24F2N4O3. The lowest BCUT2D eigenvalue weighted by molar-refractivity contribution is -0.133. The Morgan fingerprint density at radius 3 is 2.65 bits per heavy atom. The summed E-state index contributed by atoms with van der Waals surface area (Å²) in [5, 5.41) is 7.57. The maximum absolute atomic E-state index is 13.3. The highest BCUT2D eigenvalue weighted by Gasteiger charge is 2.59. The molecule has 4 rings (SSSR count). The first kappa shape index (κ1) is 21.1. The van der Waals surface area contributed by atoms with Crippen molar-refractivity contribution in [1.29, 1.82) is 0 Å². The molecule has 0 radical (unpaired) electrons. The summed E-state index contributed by atoms with van der Waals surface area (Å²) in [6.07, 6.45) is 5.23. The van der Waals surface area contributed by atoms with Gasteiger partial charge in [0, 0.05) is 32.1 Å². The van der Waals surface area contributed by atoms with Gasteiger partial charge < -0.3 is 9.80 Å². The molecule has 1 saturated heterocycles. The second-order valence-electron chi connectivity index (χ2n) is 8.44. The SMILES string of the molecule is Cc1nonc1CN(C)C(=O)[C@H]1CC12CCN(C(=O)/C=C/c1ccc(F)c(F)c1)CC2. The monoisotopic (exact) mass is 430 g/mol. The van der Waals surface area contributed by atoms with Crippen LogP contribution in [0.15, 0.2) is 28.9 Å². The van der Waals surface area contributed by atoms with Crippen LogP contribution >= 0.6 is 0 Å². The van der Waals surface area contributed by atoms with Crippen LogP contribution in [-0.2, 0) is 16.1 Å². The van der Waals surface area contributed by atoms with Crippen LogP contribution < -0.4 is 0 Å². The molecule has 1 spiro atoms. The number of nitrogens with zero attached hydrogens (tertiary/aromatic N) is 4. The van der Waals surface area contributed by atoms with E-state index in [0.717, 1.165) is 31.4 Å². The van der Waals surface area contributed by atoms with Crippen LogP contribution in [-0.4, -0.2) is 52.1 Å². The normalized spacial score (nSPS) is 19.7. The molecule has 164 valence electrons. The average Bonchev–Trinajstić information content (AvgIpc) is 3.30. The number of carbonyl (C=O) groups excluding carboxylic acids is 2. The predicted octanol–water partition coefficient (Wildman–Crippen LogP) is 2.96. The zero-order valence-corrected chi connectivity index (χ0v) is 17.5. The topological polar surface area (TPSA) is 79.5 Å². The van der Waals surface area contributed by atoms with Gasteiger partial charge in [-0.2, -0.15) is 0 Å². The van der Waals surface area contributed by atoms with Crippen molar-refractivity contribution in [3.8, 4) is 0 Å². The van der Waals surface area contributed by atoms with Gasteiger partial charge in [0.1, 0.15) is 11.4 Å². The van der Waals surface area contributed by atoms with Gasteiger partial charge >= 0.3 is 0 Å². The van der Waals surface area contributed by atoms with E-state index < -0.39 is 11.6 Å². The Hall–Kier alpha value is -3.10. The number of piperidine rings is 1. The molecular weight excluding hydrogens is 406 g/mol. The third kappa shape index (κ3) is 4.35. The lowest BCUT2D eigenvalue weighted by Gasteiger charge is -2.32. The van der Waals surface area contributed by atoms with Crippen molar-refractivity contribution in [1.82, 2.24) is 20.1 Å². The number of likely N-dealkylation sites (tertiary alicyclic amines) is 1. The zero-order chi connectivity index (χ0) is 22.2. The molecule has 2 fully saturated rings. The molecule has 1 aromatic heterocycles. The van der Waals surface area contributed by atoms with Crippen LogP contribution in [0.25, 0.3) is 6.08 Å². The molecule has 0 bridgehead atoms. The molecule has 0 unspecified atom stereocenters. The average molecular weight is 430 g/mol. The first-order valence-corrected chi connectivity index (χ1v) is 10.2. The number of hydrogen-bond donors (Lipinski definition) is 0. The fraction of sp³-hybridized carbons (Fsp3) is 0.455. The van der Waals surface area contributed by atoms with Crippen LogP contribution in [0, 0.1) is 29.9 Å². The summed E-state index contributed by atoms with van der Waals surface area (Å²) in [4.78, 5) is 28.7. The van der Waals surface area contributed by atoms with Gasteiger partial charge in [-0.3, -0.25) is 9.59 Å². The van der Waals surface area contributed by atoms with E-state index in [2.05, 4.69) is 14.9 Å². The number of amides is 2. The second kappa shape index (κ2) is 8.20. The highest BCUT2D eigenvalue weighted by atomic mass is 19.2. The van der Waals surface area contributed by atoms with E-state index in [4.69, 9.17) is 0 Å². The van der Waals surface area contributed by atoms with E-state index in [0.29, 0.717) is 36.6 Å². The summed E-state index contributed by atoms with van der Waals surface area (Å²) < 4.78 is 31.0. The molecule has 31 heavy (non-hydrogen) atoms. The van der Waals surface area contributed by atoms with Gasteiger partial charge in [0.25, 0.3) is 0 Å². The van der Waals surface area contributed by atoms with Crippen molar-refractivity contribution in [2.24, 2.45) is 11.3 Å². The summed E-state index contributed by atoms with van der Waals surface area (Å²) in [6, 6.07) is 3.50. The van der Waals surface area contributed by atoms with Crippen LogP contribution in [0.3, 0.4) is 0 Å². The van der Waals surface area contributed by atoms with E-state index in [-0.39, 0.29) is 23.1 Å². The summed E-state index contributed by atoms with van der Waals surface area (Å²) in [6.45, 7) is 3.29. The highest BCUT2D eigenvalue weighted by molar-refractivity contribution is 5.92. The van der Waals surface area contributed by atoms with Crippen molar-refractivity contribution in [3.63, 3.8) is 0 Å². The predicted molar refractivity (Wildman–Crippen MR) is 107 cm³/mol. The quantitative estimate of drug-likeness (QED) is 0.682. The first-order valence-electron chi connectivity index (χ1n) is 10.2. The second-order valence-corrected chi connectivity index (χ2v) is 8.44. The number of aryl methyl sites for hydroxylation is 1. The third-order valence-corrected chi connectivity index (χ3v) is 6.43. The van der Waals surface area contributed by atoms with Crippen LogP contribution in [0.5, 0.6) is 0 Å². The van der Waals surface area contributed by atoms with Crippen molar-refractivity contribution >= 4 is 17.9 Å². The summed E-state index contributed by atoms with van der Waals surface area (Å²) in [5.74, 6) is -1.99. The van der Waals surface area contributed by atoms with Crippen molar-refractivity contribution in [2.45, 2.75) is 32.7 Å². The zero-order valence-electron chi connectivity index (χ0n) is 17.5. The molecule has 1 aliphatic heterocycles. The number of halogens is 2. The van der Waals surface area contributed by atoms with E-state index >= 15 is 0 Å². The molecule has 7 nitrogen and oxygen atoms in total. The van der Waals surface area contributed by atoms with Crippen molar-refractivity contribution in [2.75, 3.05) is 20.1 Å². The maximum atomic E-state index is 13.3. The minimum absolute atomic E-state index is 0.0346. The molecule has 0 N–H and O–H groups in total. The minimum Gasteiger partial charge on any atom is -0.339 e. The van der Waals surface area contributed by atoms with Gasteiger partial charge in [0.15, 0.2) is 11.6 Å². The fourth-order valence-corrected chi connectivity index (χ4v) is 4.27. The Morgan fingerprint density at radius 1 is 1.26 bits per heavy atom. The molecule has 1 aromatic carbocycles. The first-order chi connectivity index (χ1) is 14.8. The van der Waals surface area contributed by atoms with E-state index in [9.17, 15) is 18.4 Å². The number of rotatable bonds is 5. The molecule has 2 amide bonds. The molecule has 9 heteroatoms. The Morgan fingerprint density at radius 2 is 2.00 bits per heavy atom.